The number of likely N-dealkylation sites (tertiary alicyclic amines) is 1. The first-order valence-electron chi connectivity index (χ1n) is 7.94. The average Bonchev–Trinajstić information content (AvgIpc) is 3.24. The van der Waals surface area contributed by atoms with Gasteiger partial charge in [0, 0.05) is 25.0 Å². The highest BCUT2D eigenvalue weighted by Gasteiger charge is 2.36. The number of nitrogens with zero attached hydrogens (tertiary/aromatic N) is 1. The van der Waals surface area contributed by atoms with Crippen molar-refractivity contribution in [2.24, 2.45) is 0 Å². The topological polar surface area (TPSA) is 32.3 Å². The van der Waals surface area contributed by atoms with Gasteiger partial charge in [0.1, 0.15) is 0 Å². The molecule has 3 nitrogen and oxygen atoms in total. The smallest absolute Gasteiger partial charge is 0.239 e. The summed E-state index contributed by atoms with van der Waals surface area (Å²) in [5.74, 6) is 0.905. The lowest BCUT2D eigenvalue weighted by Crippen LogP contribution is -2.52. The third-order valence-electron chi connectivity index (χ3n) is 4.95. The number of fused-ring (bicyclic) bond motifs is 1. The second-order valence-electron chi connectivity index (χ2n) is 6.52. The molecule has 0 bridgehead atoms. The Labute approximate surface area is 120 Å². The molecule has 0 spiro atoms. The molecular formula is C17H22N2O. The van der Waals surface area contributed by atoms with Crippen molar-refractivity contribution < 1.29 is 4.79 Å². The number of rotatable bonds is 4. The van der Waals surface area contributed by atoms with Crippen LogP contribution in [0.25, 0.3) is 0 Å². The SMILES string of the molecule is O=C1C(NC2CC2)CCCN1CC1Cc2ccccc21. The fourth-order valence-electron chi connectivity index (χ4n) is 3.60. The highest BCUT2D eigenvalue weighted by Crippen LogP contribution is 2.36. The van der Waals surface area contributed by atoms with E-state index >= 15 is 0 Å². The van der Waals surface area contributed by atoms with Gasteiger partial charge in [-0.3, -0.25) is 4.79 Å². The van der Waals surface area contributed by atoms with E-state index in [2.05, 4.69) is 34.5 Å². The minimum atomic E-state index is 0.0894. The van der Waals surface area contributed by atoms with Crippen molar-refractivity contribution in [1.29, 1.82) is 0 Å². The molecule has 3 aliphatic rings. The summed E-state index contributed by atoms with van der Waals surface area (Å²) < 4.78 is 0. The van der Waals surface area contributed by atoms with E-state index in [9.17, 15) is 4.79 Å². The van der Waals surface area contributed by atoms with E-state index in [1.807, 2.05) is 0 Å². The summed E-state index contributed by atoms with van der Waals surface area (Å²) in [4.78, 5) is 14.6. The Hall–Kier alpha value is -1.35. The third kappa shape index (κ3) is 2.24. The molecule has 4 rings (SSSR count). The second-order valence-corrected chi connectivity index (χ2v) is 6.52. The van der Waals surface area contributed by atoms with E-state index in [-0.39, 0.29) is 6.04 Å². The predicted octanol–water partition coefficient (Wildman–Crippen LogP) is 2.07. The molecule has 1 aromatic carbocycles. The summed E-state index contributed by atoms with van der Waals surface area (Å²) >= 11 is 0. The van der Waals surface area contributed by atoms with Crippen molar-refractivity contribution in [2.75, 3.05) is 13.1 Å². The van der Waals surface area contributed by atoms with Crippen LogP contribution >= 0.6 is 0 Å². The summed E-state index contributed by atoms with van der Waals surface area (Å²) in [5, 5.41) is 3.51. The first-order valence-corrected chi connectivity index (χ1v) is 7.94. The zero-order valence-electron chi connectivity index (χ0n) is 11.8. The average molecular weight is 270 g/mol. The third-order valence-corrected chi connectivity index (χ3v) is 4.95. The minimum absolute atomic E-state index is 0.0894. The van der Waals surface area contributed by atoms with E-state index in [1.165, 1.54) is 24.0 Å². The van der Waals surface area contributed by atoms with Crippen LogP contribution in [0.15, 0.2) is 24.3 Å². The summed E-state index contributed by atoms with van der Waals surface area (Å²) in [6.45, 7) is 1.86. The first-order chi connectivity index (χ1) is 9.81. The lowest BCUT2D eigenvalue weighted by Gasteiger charge is -2.38. The van der Waals surface area contributed by atoms with Gasteiger partial charge in [-0.25, -0.2) is 0 Å². The molecule has 2 aliphatic carbocycles. The molecule has 0 radical (unpaired) electrons. The Morgan fingerprint density at radius 2 is 2.05 bits per heavy atom. The fraction of sp³-hybridized carbons (Fsp3) is 0.588. The van der Waals surface area contributed by atoms with Gasteiger partial charge < -0.3 is 10.2 Å². The van der Waals surface area contributed by atoms with Gasteiger partial charge in [-0.15, -0.1) is 0 Å². The van der Waals surface area contributed by atoms with Crippen molar-refractivity contribution >= 4 is 5.91 Å². The number of amides is 1. The Bertz CT molecular complexity index is 523. The summed E-state index contributed by atoms with van der Waals surface area (Å²) in [6, 6.07) is 9.36. The molecular weight excluding hydrogens is 248 g/mol. The Morgan fingerprint density at radius 1 is 1.20 bits per heavy atom. The zero-order chi connectivity index (χ0) is 13.5. The van der Waals surface area contributed by atoms with Gasteiger partial charge in [0.25, 0.3) is 0 Å². The molecule has 2 unspecified atom stereocenters. The molecule has 1 N–H and O–H groups in total. The lowest BCUT2D eigenvalue weighted by atomic mass is 9.77. The predicted molar refractivity (Wildman–Crippen MR) is 78.6 cm³/mol. The minimum Gasteiger partial charge on any atom is -0.341 e. The van der Waals surface area contributed by atoms with Crippen molar-refractivity contribution in [1.82, 2.24) is 10.2 Å². The molecule has 1 aromatic rings. The molecule has 106 valence electrons. The van der Waals surface area contributed by atoms with Gasteiger partial charge in [-0.05, 0) is 43.2 Å². The molecule has 2 atom stereocenters. The number of benzene rings is 1. The number of hydrogen-bond donors (Lipinski definition) is 1. The van der Waals surface area contributed by atoms with Crippen LogP contribution in [0, 0.1) is 0 Å². The van der Waals surface area contributed by atoms with Crippen molar-refractivity contribution in [3.63, 3.8) is 0 Å². The Balaban J connectivity index is 1.40. The van der Waals surface area contributed by atoms with E-state index in [0.29, 0.717) is 17.9 Å². The normalized spacial score (nSPS) is 29.0. The highest BCUT2D eigenvalue weighted by atomic mass is 16.2. The molecule has 3 heteroatoms. The maximum absolute atomic E-state index is 12.5. The molecule has 20 heavy (non-hydrogen) atoms. The number of carbonyl (C=O) groups excluding carboxylic acids is 1. The Kier molecular flexibility index (Phi) is 3.03. The quantitative estimate of drug-likeness (QED) is 0.908. The van der Waals surface area contributed by atoms with Gasteiger partial charge in [-0.2, -0.15) is 0 Å². The molecule has 0 aromatic heterocycles. The van der Waals surface area contributed by atoms with Crippen molar-refractivity contribution in [2.45, 2.75) is 50.1 Å². The van der Waals surface area contributed by atoms with Gasteiger partial charge in [-0.1, -0.05) is 24.3 Å². The zero-order valence-corrected chi connectivity index (χ0v) is 11.8. The van der Waals surface area contributed by atoms with Crippen LogP contribution in [-0.2, 0) is 11.2 Å². The van der Waals surface area contributed by atoms with Crippen LogP contribution in [0.3, 0.4) is 0 Å². The number of carbonyl (C=O) groups is 1. The monoisotopic (exact) mass is 270 g/mol. The van der Waals surface area contributed by atoms with Gasteiger partial charge in [0.2, 0.25) is 5.91 Å². The highest BCUT2D eigenvalue weighted by molar-refractivity contribution is 5.82. The van der Waals surface area contributed by atoms with E-state index < -0.39 is 0 Å². The van der Waals surface area contributed by atoms with Crippen LogP contribution in [0.4, 0.5) is 0 Å². The van der Waals surface area contributed by atoms with Crippen LogP contribution in [0.1, 0.15) is 42.7 Å². The first kappa shape index (κ1) is 12.4. The van der Waals surface area contributed by atoms with Crippen LogP contribution in [0.2, 0.25) is 0 Å². The van der Waals surface area contributed by atoms with Crippen LogP contribution < -0.4 is 5.32 Å². The maximum Gasteiger partial charge on any atom is 0.239 e. The maximum atomic E-state index is 12.5. The van der Waals surface area contributed by atoms with Gasteiger partial charge in [0.15, 0.2) is 0 Å². The molecule has 1 aliphatic heterocycles. The van der Waals surface area contributed by atoms with E-state index in [4.69, 9.17) is 0 Å². The summed E-state index contributed by atoms with van der Waals surface area (Å²) in [7, 11) is 0. The molecule has 1 saturated heterocycles. The van der Waals surface area contributed by atoms with Crippen molar-refractivity contribution in [3.8, 4) is 0 Å². The van der Waals surface area contributed by atoms with Crippen LogP contribution in [-0.4, -0.2) is 36.0 Å². The Morgan fingerprint density at radius 3 is 2.85 bits per heavy atom. The molecule has 2 fully saturated rings. The summed E-state index contributed by atoms with van der Waals surface area (Å²) in [6.07, 6.45) is 5.80. The number of hydrogen-bond acceptors (Lipinski definition) is 2. The van der Waals surface area contributed by atoms with E-state index in [1.54, 1.807) is 0 Å². The molecule has 1 amide bonds. The largest absolute Gasteiger partial charge is 0.341 e. The molecule has 1 saturated carbocycles. The van der Waals surface area contributed by atoms with Crippen LogP contribution in [0.5, 0.6) is 0 Å². The van der Waals surface area contributed by atoms with E-state index in [0.717, 1.165) is 32.4 Å². The molecule has 1 heterocycles. The fourth-order valence-corrected chi connectivity index (χ4v) is 3.60. The second kappa shape index (κ2) is 4.88. The number of nitrogens with one attached hydrogen (secondary N) is 1. The summed E-state index contributed by atoms with van der Waals surface area (Å²) in [5.41, 5.74) is 2.92. The number of piperidine rings is 1. The van der Waals surface area contributed by atoms with Gasteiger partial charge >= 0.3 is 0 Å². The van der Waals surface area contributed by atoms with Crippen molar-refractivity contribution in [3.05, 3.63) is 35.4 Å². The van der Waals surface area contributed by atoms with Gasteiger partial charge in [0.05, 0.1) is 6.04 Å². The standard InChI is InChI=1S/C17H22N2O/c20-17-16(18-14-7-8-14)6-3-9-19(17)11-13-10-12-4-1-2-5-15(12)13/h1-2,4-5,13-14,16,18H,3,6-11H2. The lowest BCUT2D eigenvalue weighted by molar-refractivity contribution is -0.136.